The van der Waals surface area contributed by atoms with Gasteiger partial charge in [0.1, 0.15) is 0 Å². The summed E-state index contributed by atoms with van der Waals surface area (Å²) in [7, 11) is 0. The summed E-state index contributed by atoms with van der Waals surface area (Å²) < 4.78 is 0. The van der Waals surface area contributed by atoms with Gasteiger partial charge in [0.05, 0.1) is 5.60 Å². The number of hydrogen-bond donors (Lipinski definition) is 2. The van der Waals surface area contributed by atoms with E-state index < -0.39 is 5.60 Å². The van der Waals surface area contributed by atoms with Gasteiger partial charge in [-0.1, -0.05) is 13.8 Å². The molecule has 0 aliphatic heterocycles. The summed E-state index contributed by atoms with van der Waals surface area (Å²) >= 11 is 0. The number of aliphatic hydroxyl groups is 2. The Hall–Kier alpha value is -0.0800. The van der Waals surface area contributed by atoms with Crippen LogP contribution in [0.15, 0.2) is 0 Å². The molecule has 0 aromatic carbocycles. The number of hydrogen-bond acceptors (Lipinski definition) is 2. The van der Waals surface area contributed by atoms with Gasteiger partial charge in [0.2, 0.25) is 0 Å². The van der Waals surface area contributed by atoms with Crippen LogP contribution in [0.4, 0.5) is 0 Å². The molecular weight excluding hydrogens is 284 g/mol. The SMILES string of the molecule is C[C@@]1(O)CC[C@@]2(C)[C@@H](CC[C@@H]3[C@@H]2CC[C@]2(C)[C@@H](CO)CC[C@@H]32)C1. The molecule has 0 saturated heterocycles. The maximum atomic E-state index is 10.6. The van der Waals surface area contributed by atoms with E-state index in [0.29, 0.717) is 23.4 Å². The van der Waals surface area contributed by atoms with E-state index in [1.165, 1.54) is 44.9 Å². The zero-order valence-corrected chi connectivity index (χ0v) is 15.4. The van der Waals surface area contributed by atoms with E-state index in [9.17, 15) is 10.2 Å². The quantitative estimate of drug-likeness (QED) is 0.752. The average molecular weight is 321 g/mol. The van der Waals surface area contributed by atoms with Gasteiger partial charge in [-0.05, 0) is 105 Å². The number of rotatable bonds is 1. The average Bonchev–Trinajstić information content (AvgIpc) is 2.84. The topological polar surface area (TPSA) is 40.5 Å². The van der Waals surface area contributed by atoms with Crippen molar-refractivity contribution in [2.24, 2.45) is 40.4 Å². The number of aliphatic hydroxyl groups excluding tert-OH is 1. The van der Waals surface area contributed by atoms with Crippen molar-refractivity contribution in [1.29, 1.82) is 0 Å². The Kier molecular flexibility index (Phi) is 3.71. The second-order valence-electron chi connectivity index (χ2n) is 10.4. The molecule has 0 spiro atoms. The lowest BCUT2D eigenvalue weighted by Crippen LogP contribution is -2.55. The van der Waals surface area contributed by atoms with Crippen molar-refractivity contribution in [2.75, 3.05) is 6.61 Å². The molecule has 4 saturated carbocycles. The number of fused-ring (bicyclic) bond motifs is 5. The fourth-order valence-corrected chi connectivity index (χ4v) is 7.84. The monoisotopic (exact) mass is 320 g/mol. The van der Waals surface area contributed by atoms with Crippen molar-refractivity contribution < 1.29 is 10.2 Å². The third-order valence-electron chi connectivity index (χ3n) is 9.37. The molecule has 0 radical (unpaired) electrons. The zero-order valence-electron chi connectivity index (χ0n) is 15.4. The van der Waals surface area contributed by atoms with E-state index in [-0.39, 0.29) is 0 Å². The van der Waals surface area contributed by atoms with E-state index in [4.69, 9.17) is 0 Å². The summed E-state index contributed by atoms with van der Waals surface area (Å²) in [6.07, 6.45) is 11.2. The summed E-state index contributed by atoms with van der Waals surface area (Å²) in [5.41, 5.74) is 0.443. The van der Waals surface area contributed by atoms with E-state index in [1.807, 2.05) is 0 Å². The maximum absolute atomic E-state index is 10.6. The Morgan fingerprint density at radius 3 is 2.30 bits per heavy atom. The summed E-state index contributed by atoms with van der Waals surface area (Å²) in [6.45, 7) is 7.50. The molecule has 0 bridgehead atoms. The van der Waals surface area contributed by atoms with Gasteiger partial charge in [0.15, 0.2) is 0 Å². The van der Waals surface area contributed by atoms with Gasteiger partial charge in [-0.25, -0.2) is 0 Å². The third kappa shape index (κ3) is 2.27. The molecule has 8 atom stereocenters. The third-order valence-corrected chi connectivity index (χ3v) is 9.37. The van der Waals surface area contributed by atoms with E-state index in [0.717, 1.165) is 36.5 Å². The molecule has 4 aliphatic rings. The first kappa shape index (κ1) is 16.4. The molecule has 2 N–H and O–H groups in total. The molecule has 4 aliphatic carbocycles. The Morgan fingerprint density at radius 1 is 0.826 bits per heavy atom. The second kappa shape index (κ2) is 5.21. The lowest BCUT2D eigenvalue weighted by atomic mass is 9.44. The largest absolute Gasteiger partial charge is 0.396 e. The molecular formula is C21H36O2. The zero-order chi connectivity index (χ0) is 16.5. The minimum absolute atomic E-state index is 0.396. The van der Waals surface area contributed by atoms with Crippen molar-refractivity contribution in [3.05, 3.63) is 0 Å². The van der Waals surface area contributed by atoms with Crippen LogP contribution >= 0.6 is 0 Å². The minimum atomic E-state index is -0.421. The van der Waals surface area contributed by atoms with Crippen molar-refractivity contribution >= 4 is 0 Å². The molecule has 2 heteroatoms. The summed E-state index contributed by atoms with van der Waals surface area (Å²) in [5.74, 6) is 3.87. The van der Waals surface area contributed by atoms with E-state index in [2.05, 4.69) is 20.8 Å². The van der Waals surface area contributed by atoms with Crippen molar-refractivity contribution in [3.63, 3.8) is 0 Å². The Morgan fingerprint density at radius 2 is 1.57 bits per heavy atom. The molecule has 0 amide bonds. The fraction of sp³-hybridized carbons (Fsp3) is 1.00. The highest BCUT2D eigenvalue weighted by Gasteiger charge is 2.60. The molecule has 2 nitrogen and oxygen atoms in total. The molecule has 4 rings (SSSR count). The van der Waals surface area contributed by atoms with Gasteiger partial charge in [0.25, 0.3) is 0 Å². The molecule has 23 heavy (non-hydrogen) atoms. The molecule has 0 unspecified atom stereocenters. The van der Waals surface area contributed by atoms with Gasteiger partial charge in [0, 0.05) is 6.61 Å². The van der Waals surface area contributed by atoms with Crippen LogP contribution < -0.4 is 0 Å². The maximum Gasteiger partial charge on any atom is 0.0622 e. The Labute approximate surface area is 142 Å². The second-order valence-corrected chi connectivity index (χ2v) is 10.4. The van der Waals surface area contributed by atoms with Crippen LogP contribution in [0.2, 0.25) is 0 Å². The van der Waals surface area contributed by atoms with Crippen molar-refractivity contribution in [3.8, 4) is 0 Å². The highest BCUT2D eigenvalue weighted by Crippen LogP contribution is 2.67. The molecule has 0 heterocycles. The van der Waals surface area contributed by atoms with Gasteiger partial charge >= 0.3 is 0 Å². The van der Waals surface area contributed by atoms with E-state index >= 15 is 0 Å². The molecule has 4 fully saturated rings. The van der Waals surface area contributed by atoms with Crippen LogP contribution in [0.25, 0.3) is 0 Å². The molecule has 0 aromatic rings. The summed E-state index contributed by atoms with van der Waals surface area (Å²) in [5, 5.41) is 20.4. The molecule has 0 aromatic heterocycles. The van der Waals surface area contributed by atoms with Crippen LogP contribution in [-0.4, -0.2) is 22.4 Å². The van der Waals surface area contributed by atoms with Crippen molar-refractivity contribution in [1.82, 2.24) is 0 Å². The summed E-state index contributed by atoms with van der Waals surface area (Å²) in [6, 6.07) is 0. The Balaban J connectivity index is 1.60. The van der Waals surface area contributed by atoms with E-state index in [1.54, 1.807) is 0 Å². The predicted octanol–water partition coefficient (Wildman–Crippen LogP) is 4.39. The van der Waals surface area contributed by atoms with Crippen LogP contribution in [0.1, 0.15) is 78.6 Å². The van der Waals surface area contributed by atoms with Gasteiger partial charge in [-0.15, -0.1) is 0 Å². The van der Waals surface area contributed by atoms with Crippen molar-refractivity contribution in [2.45, 2.75) is 84.2 Å². The Bertz CT molecular complexity index is 472. The first-order valence-electron chi connectivity index (χ1n) is 10.1. The van der Waals surface area contributed by atoms with Crippen LogP contribution in [-0.2, 0) is 0 Å². The summed E-state index contributed by atoms with van der Waals surface area (Å²) in [4.78, 5) is 0. The predicted molar refractivity (Wildman–Crippen MR) is 92.9 cm³/mol. The normalized spacial score (nSPS) is 59.1. The van der Waals surface area contributed by atoms with Gasteiger partial charge in [-0.2, -0.15) is 0 Å². The standard InChI is InChI=1S/C21H36O2/c1-19(23)10-11-21(3)14(12-19)4-6-16-17-7-5-15(13-22)20(17,2)9-8-18(16)21/h14-18,22-23H,4-13H2,1-3H3/t14-,15+,16-,17-,18-,19+,20+,21-/m0/s1. The first-order valence-corrected chi connectivity index (χ1v) is 10.1. The van der Waals surface area contributed by atoms with Gasteiger partial charge in [-0.3, -0.25) is 0 Å². The van der Waals surface area contributed by atoms with Gasteiger partial charge < -0.3 is 10.2 Å². The van der Waals surface area contributed by atoms with Crippen LogP contribution in [0.5, 0.6) is 0 Å². The first-order chi connectivity index (χ1) is 10.8. The highest BCUT2D eigenvalue weighted by atomic mass is 16.3. The van der Waals surface area contributed by atoms with Crippen LogP contribution in [0.3, 0.4) is 0 Å². The fourth-order valence-electron chi connectivity index (χ4n) is 7.84. The van der Waals surface area contributed by atoms with Crippen LogP contribution in [0, 0.1) is 40.4 Å². The highest BCUT2D eigenvalue weighted by molar-refractivity contribution is 5.10. The minimum Gasteiger partial charge on any atom is -0.396 e. The lowest BCUT2D eigenvalue weighted by molar-refractivity contribution is -0.147. The molecule has 132 valence electrons. The lowest BCUT2D eigenvalue weighted by Gasteiger charge is -2.61. The smallest absolute Gasteiger partial charge is 0.0622 e.